The van der Waals surface area contributed by atoms with E-state index in [0.29, 0.717) is 23.6 Å². The number of benzene rings is 2. The van der Waals surface area contributed by atoms with Crippen molar-refractivity contribution in [1.29, 1.82) is 0 Å². The Morgan fingerprint density at radius 1 is 0.943 bits per heavy atom. The average molecular weight is 496 g/mol. The van der Waals surface area contributed by atoms with Crippen molar-refractivity contribution in [2.45, 2.75) is 45.4 Å². The summed E-state index contributed by atoms with van der Waals surface area (Å²) in [5.74, 6) is -0.0567. The summed E-state index contributed by atoms with van der Waals surface area (Å²) in [5, 5.41) is 2.63. The molecule has 2 aromatic carbocycles. The zero-order chi connectivity index (χ0) is 25.2. The van der Waals surface area contributed by atoms with Gasteiger partial charge in [-0.05, 0) is 74.2 Å². The maximum Gasteiger partial charge on any atom is 0.573 e. The molecule has 35 heavy (non-hydrogen) atoms. The number of rotatable bonds is 14. The number of unbranched alkanes of at least 4 members (excludes halogenated alkanes) is 3. The van der Waals surface area contributed by atoms with Crippen molar-refractivity contribution in [1.82, 2.24) is 0 Å². The highest BCUT2D eigenvalue weighted by molar-refractivity contribution is 6.04. The summed E-state index contributed by atoms with van der Waals surface area (Å²) >= 11 is 0. The van der Waals surface area contributed by atoms with Gasteiger partial charge in [0.25, 0.3) is 5.91 Å². The second-order valence-electron chi connectivity index (χ2n) is 8.71. The van der Waals surface area contributed by atoms with Gasteiger partial charge in [-0.2, -0.15) is 0 Å². The number of nitrogens with one attached hydrogen (secondary N) is 1. The van der Waals surface area contributed by atoms with Crippen LogP contribution in [0.1, 0.15) is 49.4 Å². The Morgan fingerprint density at radius 2 is 1.57 bits per heavy atom. The molecular weight excluding hydrogens is 463 g/mol. The number of alkyl halides is 3. The van der Waals surface area contributed by atoms with Crippen LogP contribution in [0, 0.1) is 5.41 Å². The molecule has 1 amide bonds. The smallest absolute Gasteiger partial charge is 0.494 e. The first-order valence-corrected chi connectivity index (χ1v) is 11.8. The second kappa shape index (κ2) is 12.8. The van der Waals surface area contributed by atoms with Crippen LogP contribution in [0.3, 0.4) is 0 Å². The van der Waals surface area contributed by atoms with Crippen LogP contribution in [-0.4, -0.2) is 45.3 Å². The zero-order valence-electron chi connectivity index (χ0n) is 19.9. The minimum Gasteiger partial charge on any atom is -0.494 e. The highest BCUT2D eigenvalue weighted by Gasteiger charge is 2.36. The van der Waals surface area contributed by atoms with E-state index in [0.717, 1.165) is 70.7 Å². The number of carbonyl (C=O) groups is 1. The number of hydrogen-bond donors (Lipinski definition) is 1. The Hall–Kier alpha value is -2.78. The minimum atomic E-state index is -4.76. The molecule has 0 bridgehead atoms. The summed E-state index contributed by atoms with van der Waals surface area (Å²) in [4.78, 5) is 12.4. The number of hydrogen-bond acceptors (Lipinski definition) is 5. The number of amides is 1. The first-order chi connectivity index (χ1) is 16.8. The SMILES string of the molecule is CCC1(COCCCCCCOc2ccc(C(=O)Nc3ccc(OC(F)(F)F)cc3)cc2)COC1. The quantitative estimate of drug-likeness (QED) is 0.315. The highest BCUT2D eigenvalue weighted by atomic mass is 19.4. The van der Waals surface area contributed by atoms with E-state index in [1.165, 1.54) is 12.1 Å². The van der Waals surface area contributed by atoms with Gasteiger partial charge in [-0.3, -0.25) is 4.79 Å². The van der Waals surface area contributed by atoms with Gasteiger partial charge in [0, 0.05) is 23.3 Å². The molecule has 1 fully saturated rings. The van der Waals surface area contributed by atoms with Gasteiger partial charge >= 0.3 is 6.36 Å². The number of ether oxygens (including phenoxy) is 4. The lowest BCUT2D eigenvalue weighted by Crippen LogP contribution is -2.45. The van der Waals surface area contributed by atoms with Gasteiger partial charge in [-0.25, -0.2) is 0 Å². The molecule has 0 aliphatic carbocycles. The van der Waals surface area contributed by atoms with Gasteiger partial charge < -0.3 is 24.3 Å². The summed E-state index contributed by atoms with van der Waals surface area (Å²) in [6, 6.07) is 11.7. The Morgan fingerprint density at radius 3 is 2.14 bits per heavy atom. The molecule has 0 spiro atoms. The Kier molecular flexibility index (Phi) is 9.80. The van der Waals surface area contributed by atoms with Crippen LogP contribution in [0.5, 0.6) is 11.5 Å². The van der Waals surface area contributed by atoms with Gasteiger partial charge in [0.2, 0.25) is 0 Å². The Balaban J connectivity index is 1.28. The van der Waals surface area contributed by atoms with Gasteiger partial charge in [-0.1, -0.05) is 13.3 Å². The third-order valence-electron chi connectivity index (χ3n) is 5.89. The van der Waals surface area contributed by atoms with Crippen LogP contribution in [0.2, 0.25) is 0 Å². The summed E-state index contributed by atoms with van der Waals surface area (Å²) in [6.45, 7) is 5.95. The van der Waals surface area contributed by atoms with Gasteiger partial charge in [0.1, 0.15) is 11.5 Å². The molecule has 0 aromatic heterocycles. The zero-order valence-corrected chi connectivity index (χ0v) is 19.9. The molecule has 1 saturated heterocycles. The van der Waals surface area contributed by atoms with E-state index in [9.17, 15) is 18.0 Å². The summed E-state index contributed by atoms with van der Waals surface area (Å²) in [7, 11) is 0. The third kappa shape index (κ3) is 9.07. The highest BCUT2D eigenvalue weighted by Crippen LogP contribution is 2.31. The lowest BCUT2D eigenvalue weighted by molar-refractivity contribution is -0.274. The predicted octanol–water partition coefficient (Wildman–Crippen LogP) is 6.22. The van der Waals surface area contributed by atoms with E-state index >= 15 is 0 Å². The molecular formula is C26H32F3NO5. The van der Waals surface area contributed by atoms with Crippen LogP contribution in [0.25, 0.3) is 0 Å². The number of halogens is 3. The first kappa shape index (κ1) is 26.8. The molecule has 1 aliphatic heterocycles. The van der Waals surface area contributed by atoms with Crippen LogP contribution < -0.4 is 14.8 Å². The van der Waals surface area contributed by atoms with E-state index < -0.39 is 6.36 Å². The number of carbonyl (C=O) groups excluding carboxylic acids is 1. The summed E-state index contributed by atoms with van der Waals surface area (Å²) in [6.07, 6.45) is 0.437. The lowest BCUT2D eigenvalue weighted by atomic mass is 9.84. The third-order valence-corrected chi connectivity index (χ3v) is 5.89. The van der Waals surface area contributed by atoms with Gasteiger partial charge in [0.15, 0.2) is 0 Å². The van der Waals surface area contributed by atoms with Crippen molar-refractivity contribution < 1.29 is 36.9 Å². The molecule has 3 rings (SSSR count). The lowest BCUT2D eigenvalue weighted by Gasteiger charge is -2.40. The van der Waals surface area contributed by atoms with Crippen molar-refractivity contribution in [3.63, 3.8) is 0 Å². The van der Waals surface area contributed by atoms with Crippen molar-refractivity contribution in [3.8, 4) is 11.5 Å². The second-order valence-corrected chi connectivity index (χ2v) is 8.71. The average Bonchev–Trinajstić information content (AvgIpc) is 2.80. The molecule has 0 radical (unpaired) electrons. The predicted molar refractivity (Wildman–Crippen MR) is 126 cm³/mol. The maximum atomic E-state index is 12.4. The van der Waals surface area contributed by atoms with Crippen LogP contribution in [-0.2, 0) is 9.47 Å². The fraction of sp³-hybridized carbons (Fsp3) is 0.500. The van der Waals surface area contributed by atoms with Gasteiger partial charge in [-0.15, -0.1) is 13.2 Å². The Bertz CT molecular complexity index is 907. The Labute approximate surface area is 203 Å². The molecule has 0 saturated carbocycles. The van der Waals surface area contributed by atoms with Crippen LogP contribution >= 0.6 is 0 Å². The minimum absolute atomic E-state index is 0.241. The molecule has 192 valence electrons. The van der Waals surface area contributed by atoms with E-state index in [4.69, 9.17) is 14.2 Å². The molecule has 9 heteroatoms. The summed E-state index contributed by atoms with van der Waals surface area (Å²) < 4.78 is 57.3. The standard InChI is InChI=1S/C26H32F3NO5/c1-2-25(18-33-19-25)17-32-15-5-3-4-6-16-34-22-11-7-20(8-12-22)24(31)30-21-9-13-23(14-10-21)35-26(27,28)29/h7-14H,2-6,15-19H2,1H3,(H,30,31). The fourth-order valence-electron chi connectivity index (χ4n) is 3.56. The molecule has 1 aliphatic rings. The largest absolute Gasteiger partial charge is 0.573 e. The monoisotopic (exact) mass is 495 g/mol. The summed E-state index contributed by atoms with van der Waals surface area (Å²) in [5.41, 5.74) is 1.01. The normalized spacial score (nSPS) is 14.7. The van der Waals surface area contributed by atoms with Gasteiger partial charge in [0.05, 0.1) is 26.4 Å². The van der Waals surface area contributed by atoms with Crippen LogP contribution in [0.15, 0.2) is 48.5 Å². The van der Waals surface area contributed by atoms with Crippen molar-refractivity contribution in [2.75, 3.05) is 38.4 Å². The molecule has 1 heterocycles. The first-order valence-electron chi connectivity index (χ1n) is 11.8. The number of anilines is 1. The molecule has 0 atom stereocenters. The van der Waals surface area contributed by atoms with Crippen LogP contribution in [0.4, 0.5) is 18.9 Å². The van der Waals surface area contributed by atoms with Crippen molar-refractivity contribution in [3.05, 3.63) is 54.1 Å². The molecule has 1 N–H and O–H groups in total. The maximum absolute atomic E-state index is 12.4. The fourth-order valence-corrected chi connectivity index (χ4v) is 3.56. The van der Waals surface area contributed by atoms with E-state index in [2.05, 4.69) is 17.0 Å². The molecule has 2 aromatic rings. The van der Waals surface area contributed by atoms with E-state index in [-0.39, 0.29) is 17.1 Å². The van der Waals surface area contributed by atoms with E-state index in [1.54, 1.807) is 24.3 Å². The molecule has 6 nitrogen and oxygen atoms in total. The van der Waals surface area contributed by atoms with Crippen molar-refractivity contribution in [2.24, 2.45) is 5.41 Å². The van der Waals surface area contributed by atoms with Crippen molar-refractivity contribution >= 4 is 11.6 Å². The topological polar surface area (TPSA) is 66.0 Å². The van der Waals surface area contributed by atoms with E-state index in [1.807, 2.05) is 0 Å². The molecule has 0 unspecified atom stereocenters.